The van der Waals surface area contributed by atoms with E-state index in [0.717, 1.165) is 37.7 Å². The smallest absolute Gasteiger partial charge is 0.309 e. The maximum Gasteiger partial charge on any atom is 0.309 e. The molecule has 1 saturated heterocycles. The first-order chi connectivity index (χ1) is 8.57. The molecule has 0 aromatic carbocycles. The lowest BCUT2D eigenvalue weighted by molar-refractivity contribution is -0.136. The van der Waals surface area contributed by atoms with E-state index in [4.69, 9.17) is 9.84 Å². The highest BCUT2D eigenvalue weighted by Gasteiger charge is 2.27. The van der Waals surface area contributed by atoms with Crippen molar-refractivity contribution in [3.8, 4) is 0 Å². The van der Waals surface area contributed by atoms with Crippen LogP contribution in [0.1, 0.15) is 25.5 Å². The van der Waals surface area contributed by atoms with Crippen molar-refractivity contribution in [2.24, 2.45) is 5.41 Å². The predicted octanol–water partition coefficient (Wildman–Crippen LogP) is 2.00. The number of nitrogens with one attached hydrogen (secondary N) is 1. The van der Waals surface area contributed by atoms with Gasteiger partial charge >= 0.3 is 5.97 Å². The van der Waals surface area contributed by atoms with E-state index in [0.29, 0.717) is 5.69 Å². The molecule has 100 valence electrons. The minimum atomic E-state index is -0.844. The fourth-order valence-electron chi connectivity index (χ4n) is 1.95. The van der Waals surface area contributed by atoms with Crippen molar-refractivity contribution >= 4 is 22.4 Å². The second kappa shape index (κ2) is 5.67. The average Bonchev–Trinajstić information content (AvgIpc) is 2.74. The molecule has 0 unspecified atom stereocenters. The van der Waals surface area contributed by atoms with Gasteiger partial charge in [0.2, 0.25) is 0 Å². The van der Waals surface area contributed by atoms with Crippen LogP contribution in [0.4, 0.5) is 5.13 Å². The zero-order chi connectivity index (χ0) is 13.0. The summed E-state index contributed by atoms with van der Waals surface area (Å²) >= 11 is 1.46. The van der Waals surface area contributed by atoms with Gasteiger partial charge in [-0.3, -0.25) is 4.79 Å². The summed E-state index contributed by atoms with van der Waals surface area (Å²) in [7, 11) is 0. The first-order valence-electron chi connectivity index (χ1n) is 6.05. The number of nitrogens with zero attached hydrogens (tertiary/aromatic N) is 1. The Kier molecular flexibility index (Phi) is 4.19. The molecule has 5 nitrogen and oxygen atoms in total. The molecule has 0 radical (unpaired) electrons. The number of carbonyl (C=O) groups is 1. The maximum atomic E-state index is 10.6. The van der Waals surface area contributed by atoms with E-state index in [9.17, 15) is 4.79 Å². The number of carboxylic acid groups (broad SMARTS) is 1. The monoisotopic (exact) mass is 270 g/mol. The molecule has 1 aromatic heterocycles. The van der Waals surface area contributed by atoms with Gasteiger partial charge in [-0.15, -0.1) is 11.3 Å². The van der Waals surface area contributed by atoms with E-state index in [1.807, 2.05) is 0 Å². The normalized spacial score (nSPS) is 18.5. The lowest BCUT2D eigenvalue weighted by atomic mass is 9.82. The van der Waals surface area contributed by atoms with Crippen molar-refractivity contribution < 1.29 is 14.6 Å². The quantitative estimate of drug-likeness (QED) is 0.856. The standard InChI is InChI=1S/C12H18N2O3S/c1-12(2-4-17-5-3-12)8-13-11-14-9(7-18-11)6-10(15)16/h7H,2-6,8H2,1H3,(H,13,14)(H,15,16). The van der Waals surface area contributed by atoms with E-state index >= 15 is 0 Å². The predicted molar refractivity (Wildman–Crippen MR) is 70.1 cm³/mol. The number of hydrogen-bond acceptors (Lipinski definition) is 5. The summed E-state index contributed by atoms with van der Waals surface area (Å²) in [6.07, 6.45) is 2.09. The van der Waals surface area contributed by atoms with Gasteiger partial charge < -0.3 is 15.2 Å². The van der Waals surface area contributed by atoms with Crippen molar-refractivity contribution in [1.29, 1.82) is 0 Å². The van der Waals surface area contributed by atoms with Crippen LogP contribution in [0.2, 0.25) is 0 Å². The Bertz CT molecular complexity index is 413. The average molecular weight is 270 g/mol. The first-order valence-corrected chi connectivity index (χ1v) is 6.93. The van der Waals surface area contributed by atoms with Gasteiger partial charge in [-0.25, -0.2) is 4.98 Å². The molecular formula is C12H18N2O3S. The Morgan fingerprint density at radius 2 is 2.33 bits per heavy atom. The van der Waals surface area contributed by atoms with Gasteiger partial charge in [-0.2, -0.15) is 0 Å². The number of ether oxygens (including phenoxy) is 1. The highest BCUT2D eigenvalue weighted by atomic mass is 32.1. The van der Waals surface area contributed by atoms with Crippen LogP contribution in [0.3, 0.4) is 0 Å². The van der Waals surface area contributed by atoms with Gasteiger partial charge in [-0.1, -0.05) is 6.92 Å². The lowest BCUT2D eigenvalue weighted by Crippen LogP contribution is -2.33. The second-order valence-electron chi connectivity index (χ2n) is 4.99. The third-order valence-electron chi connectivity index (χ3n) is 3.25. The molecule has 2 N–H and O–H groups in total. The topological polar surface area (TPSA) is 71.5 Å². The van der Waals surface area contributed by atoms with Crippen LogP contribution in [0.25, 0.3) is 0 Å². The minimum absolute atomic E-state index is 0.0106. The van der Waals surface area contributed by atoms with Crippen molar-refractivity contribution in [2.75, 3.05) is 25.1 Å². The van der Waals surface area contributed by atoms with E-state index in [1.54, 1.807) is 5.38 Å². The molecule has 0 amide bonds. The number of aromatic nitrogens is 1. The van der Waals surface area contributed by atoms with Gasteiger partial charge in [0.15, 0.2) is 5.13 Å². The molecule has 2 heterocycles. The Labute approximate surface area is 110 Å². The van der Waals surface area contributed by atoms with Crippen LogP contribution in [-0.2, 0) is 16.0 Å². The fraction of sp³-hybridized carbons (Fsp3) is 0.667. The van der Waals surface area contributed by atoms with Gasteiger partial charge in [0.25, 0.3) is 0 Å². The molecule has 1 fully saturated rings. The Morgan fingerprint density at radius 1 is 1.61 bits per heavy atom. The number of hydrogen-bond donors (Lipinski definition) is 2. The summed E-state index contributed by atoms with van der Waals surface area (Å²) in [5, 5.41) is 14.6. The summed E-state index contributed by atoms with van der Waals surface area (Å²) in [4.78, 5) is 14.8. The maximum absolute atomic E-state index is 10.6. The highest BCUT2D eigenvalue weighted by Crippen LogP contribution is 2.30. The minimum Gasteiger partial charge on any atom is -0.481 e. The molecule has 0 atom stereocenters. The van der Waals surface area contributed by atoms with Crippen LogP contribution in [0.5, 0.6) is 0 Å². The zero-order valence-electron chi connectivity index (χ0n) is 10.4. The van der Waals surface area contributed by atoms with Gasteiger partial charge in [0.1, 0.15) is 0 Å². The van der Waals surface area contributed by atoms with Gasteiger partial charge in [0, 0.05) is 25.1 Å². The van der Waals surface area contributed by atoms with Gasteiger partial charge in [-0.05, 0) is 18.3 Å². The van der Waals surface area contributed by atoms with Crippen molar-refractivity contribution in [1.82, 2.24) is 4.98 Å². The molecular weight excluding hydrogens is 252 g/mol. The highest BCUT2D eigenvalue weighted by molar-refractivity contribution is 7.13. The van der Waals surface area contributed by atoms with Crippen LogP contribution >= 0.6 is 11.3 Å². The molecule has 0 aliphatic carbocycles. The summed E-state index contributed by atoms with van der Waals surface area (Å²) in [6, 6.07) is 0. The number of anilines is 1. The molecule has 1 aliphatic heterocycles. The van der Waals surface area contributed by atoms with E-state index in [-0.39, 0.29) is 11.8 Å². The number of rotatable bonds is 5. The molecule has 0 saturated carbocycles. The fourth-order valence-corrected chi connectivity index (χ4v) is 2.66. The Morgan fingerprint density at radius 3 is 3.00 bits per heavy atom. The number of thiazole rings is 1. The summed E-state index contributed by atoms with van der Waals surface area (Å²) < 4.78 is 5.36. The molecule has 2 rings (SSSR count). The SMILES string of the molecule is CC1(CNc2nc(CC(=O)O)cs2)CCOCC1. The van der Waals surface area contributed by atoms with Crippen LogP contribution < -0.4 is 5.32 Å². The largest absolute Gasteiger partial charge is 0.481 e. The van der Waals surface area contributed by atoms with E-state index in [2.05, 4.69) is 17.2 Å². The van der Waals surface area contributed by atoms with Crippen molar-refractivity contribution in [3.05, 3.63) is 11.1 Å². The second-order valence-corrected chi connectivity index (χ2v) is 5.85. The summed E-state index contributed by atoms with van der Waals surface area (Å²) in [5.41, 5.74) is 0.865. The lowest BCUT2D eigenvalue weighted by Gasteiger charge is -2.33. The first kappa shape index (κ1) is 13.3. The molecule has 1 aromatic rings. The molecule has 1 aliphatic rings. The molecule has 0 spiro atoms. The van der Waals surface area contributed by atoms with Gasteiger partial charge in [0.05, 0.1) is 12.1 Å². The van der Waals surface area contributed by atoms with E-state index < -0.39 is 5.97 Å². The van der Waals surface area contributed by atoms with Crippen LogP contribution in [-0.4, -0.2) is 35.8 Å². The molecule has 6 heteroatoms. The van der Waals surface area contributed by atoms with E-state index in [1.165, 1.54) is 11.3 Å². The van der Waals surface area contributed by atoms with Crippen LogP contribution in [0.15, 0.2) is 5.38 Å². The third-order valence-corrected chi connectivity index (χ3v) is 4.10. The summed E-state index contributed by atoms with van der Waals surface area (Å²) in [5.74, 6) is -0.844. The summed E-state index contributed by atoms with van der Waals surface area (Å²) in [6.45, 7) is 4.74. The van der Waals surface area contributed by atoms with Crippen molar-refractivity contribution in [2.45, 2.75) is 26.2 Å². The van der Waals surface area contributed by atoms with Crippen molar-refractivity contribution in [3.63, 3.8) is 0 Å². The van der Waals surface area contributed by atoms with Crippen LogP contribution in [0, 0.1) is 5.41 Å². The molecule has 0 bridgehead atoms. The Hall–Kier alpha value is -1.14. The zero-order valence-corrected chi connectivity index (χ0v) is 11.3. The number of aliphatic carboxylic acids is 1. The number of carboxylic acids is 1. The molecule has 18 heavy (non-hydrogen) atoms. The third kappa shape index (κ3) is 3.68. The Balaban J connectivity index is 1.85.